The Hall–Kier alpha value is -1.81. The van der Waals surface area contributed by atoms with Gasteiger partial charge in [-0.25, -0.2) is 0 Å². The third kappa shape index (κ3) is 3.20. The fourth-order valence-corrected chi connectivity index (χ4v) is 2.35. The van der Waals surface area contributed by atoms with Crippen molar-refractivity contribution in [1.82, 2.24) is 0 Å². The van der Waals surface area contributed by atoms with Crippen LogP contribution in [0.15, 0.2) is 46.9 Å². The molecule has 2 aromatic carbocycles. The second kappa shape index (κ2) is 6.57. The fraction of sp³-hybridized carbons (Fsp3) is 0.188. The first-order chi connectivity index (χ1) is 9.63. The van der Waals surface area contributed by atoms with Crippen molar-refractivity contribution in [3.63, 3.8) is 0 Å². The Bertz CT molecular complexity index is 623. The topological polar surface area (TPSA) is 35.5 Å². The number of benzene rings is 2. The molecule has 0 saturated carbocycles. The highest BCUT2D eigenvalue weighted by Crippen LogP contribution is 2.34. The molecule has 2 rings (SSSR count). The molecule has 0 aliphatic heterocycles. The molecule has 0 bridgehead atoms. The number of methoxy groups -OCH3 is 1. The van der Waals surface area contributed by atoms with Crippen LogP contribution in [-0.2, 0) is 0 Å². The molecule has 3 nitrogen and oxygen atoms in total. The van der Waals surface area contributed by atoms with Crippen LogP contribution in [0.25, 0.3) is 0 Å². The smallest absolute Gasteiger partial charge is 0.200 e. The predicted molar refractivity (Wildman–Crippen MR) is 81.7 cm³/mol. The van der Waals surface area contributed by atoms with Gasteiger partial charge in [-0.3, -0.25) is 4.79 Å². The van der Waals surface area contributed by atoms with Crippen LogP contribution in [0.4, 0.5) is 0 Å². The second-order valence-corrected chi connectivity index (χ2v) is 5.15. The first kappa shape index (κ1) is 14.6. The van der Waals surface area contributed by atoms with Gasteiger partial charge in [-0.2, -0.15) is 0 Å². The molecular weight excluding hydrogens is 320 g/mol. The Morgan fingerprint density at radius 3 is 2.60 bits per heavy atom. The Balaban J connectivity index is 2.14. The van der Waals surface area contributed by atoms with E-state index in [0.717, 1.165) is 10.0 Å². The van der Waals surface area contributed by atoms with Crippen LogP contribution in [0.1, 0.15) is 15.9 Å². The molecule has 0 spiro atoms. The molecule has 0 aliphatic carbocycles. The van der Waals surface area contributed by atoms with Crippen molar-refractivity contribution in [1.29, 1.82) is 0 Å². The van der Waals surface area contributed by atoms with E-state index < -0.39 is 0 Å². The van der Waals surface area contributed by atoms with E-state index in [1.165, 1.54) is 0 Å². The van der Waals surface area contributed by atoms with Crippen LogP contribution in [0.3, 0.4) is 0 Å². The van der Waals surface area contributed by atoms with Crippen LogP contribution in [0.2, 0.25) is 0 Å². The number of rotatable bonds is 5. The van der Waals surface area contributed by atoms with E-state index in [-0.39, 0.29) is 12.4 Å². The first-order valence-corrected chi connectivity index (χ1v) is 6.97. The Labute approximate surface area is 126 Å². The molecule has 4 heteroatoms. The number of hydrogen-bond donors (Lipinski definition) is 0. The Morgan fingerprint density at radius 2 is 1.90 bits per heavy atom. The molecule has 0 aromatic heterocycles. The highest BCUT2D eigenvalue weighted by atomic mass is 79.9. The lowest BCUT2D eigenvalue weighted by Gasteiger charge is -2.12. The minimum Gasteiger partial charge on any atom is -0.493 e. The van der Waals surface area contributed by atoms with Gasteiger partial charge in [0.05, 0.1) is 11.6 Å². The summed E-state index contributed by atoms with van der Waals surface area (Å²) in [6.07, 6.45) is 0. The Morgan fingerprint density at radius 1 is 1.15 bits per heavy atom. The quantitative estimate of drug-likeness (QED) is 0.774. The molecule has 0 saturated heterocycles. The zero-order valence-corrected chi connectivity index (χ0v) is 12.9. The van der Waals surface area contributed by atoms with E-state index in [9.17, 15) is 4.79 Å². The summed E-state index contributed by atoms with van der Waals surface area (Å²) in [5, 5.41) is 0. The minimum absolute atomic E-state index is 0.0240. The minimum atomic E-state index is -0.0547. The third-order valence-corrected chi connectivity index (χ3v) is 3.57. The number of para-hydroxylation sites is 1. The maximum atomic E-state index is 12.2. The van der Waals surface area contributed by atoms with E-state index in [1.54, 1.807) is 19.2 Å². The lowest BCUT2D eigenvalue weighted by Crippen LogP contribution is -2.13. The van der Waals surface area contributed by atoms with Crippen LogP contribution in [-0.4, -0.2) is 19.5 Å². The van der Waals surface area contributed by atoms with Crippen molar-refractivity contribution in [2.24, 2.45) is 0 Å². The third-order valence-electron chi connectivity index (χ3n) is 2.94. The Kier molecular flexibility index (Phi) is 4.79. The van der Waals surface area contributed by atoms with Gasteiger partial charge in [-0.1, -0.05) is 30.3 Å². The molecule has 0 fully saturated rings. The van der Waals surface area contributed by atoms with E-state index in [1.807, 2.05) is 37.3 Å². The molecule has 2 aromatic rings. The van der Waals surface area contributed by atoms with Crippen molar-refractivity contribution in [2.45, 2.75) is 6.92 Å². The van der Waals surface area contributed by atoms with Crippen molar-refractivity contribution in [3.8, 4) is 11.5 Å². The van der Waals surface area contributed by atoms with E-state index >= 15 is 0 Å². The maximum Gasteiger partial charge on any atom is 0.200 e. The normalized spacial score (nSPS) is 10.2. The maximum absolute atomic E-state index is 12.2. The SMILES string of the molecule is COc1cccc(Br)c1OCC(=O)c1ccccc1C. The number of aryl methyl sites for hydroxylation is 1. The number of ketones is 1. The largest absolute Gasteiger partial charge is 0.493 e. The van der Waals surface area contributed by atoms with Crippen LogP contribution in [0.5, 0.6) is 11.5 Å². The number of Topliss-reactive ketones (excluding diaryl/α,β-unsaturated/α-hetero) is 1. The summed E-state index contributed by atoms with van der Waals surface area (Å²) < 4.78 is 11.6. The van der Waals surface area contributed by atoms with E-state index in [0.29, 0.717) is 17.1 Å². The number of carbonyl (C=O) groups is 1. The van der Waals surface area contributed by atoms with Crippen molar-refractivity contribution < 1.29 is 14.3 Å². The second-order valence-electron chi connectivity index (χ2n) is 4.30. The van der Waals surface area contributed by atoms with E-state index in [2.05, 4.69) is 15.9 Å². The van der Waals surface area contributed by atoms with Gasteiger partial charge in [0.25, 0.3) is 0 Å². The zero-order chi connectivity index (χ0) is 14.5. The molecular formula is C16H15BrO3. The summed E-state index contributed by atoms with van der Waals surface area (Å²) >= 11 is 3.39. The predicted octanol–water partition coefficient (Wildman–Crippen LogP) is 4.03. The highest BCUT2D eigenvalue weighted by Gasteiger charge is 2.13. The molecule has 104 valence electrons. The summed E-state index contributed by atoms with van der Waals surface area (Å²) in [7, 11) is 1.57. The van der Waals surface area contributed by atoms with Gasteiger partial charge in [-0.15, -0.1) is 0 Å². The molecule has 0 heterocycles. The number of carbonyl (C=O) groups excluding carboxylic acids is 1. The lowest BCUT2D eigenvalue weighted by molar-refractivity contribution is 0.0918. The molecule has 0 unspecified atom stereocenters. The monoisotopic (exact) mass is 334 g/mol. The summed E-state index contributed by atoms with van der Waals surface area (Å²) in [5.41, 5.74) is 1.62. The summed E-state index contributed by atoms with van der Waals surface area (Å²) in [6, 6.07) is 12.9. The molecule has 0 radical (unpaired) electrons. The summed E-state index contributed by atoms with van der Waals surface area (Å²) in [4.78, 5) is 12.2. The summed E-state index contributed by atoms with van der Waals surface area (Å²) in [6.45, 7) is 1.88. The number of hydrogen-bond acceptors (Lipinski definition) is 3. The van der Waals surface area contributed by atoms with Crippen molar-refractivity contribution in [2.75, 3.05) is 13.7 Å². The fourth-order valence-electron chi connectivity index (χ4n) is 1.89. The zero-order valence-electron chi connectivity index (χ0n) is 11.4. The van der Waals surface area contributed by atoms with Gasteiger partial charge in [0, 0.05) is 5.56 Å². The molecule has 0 amide bonds. The molecule has 0 atom stereocenters. The summed E-state index contributed by atoms with van der Waals surface area (Å²) in [5.74, 6) is 1.08. The first-order valence-electron chi connectivity index (χ1n) is 6.17. The van der Waals surface area contributed by atoms with E-state index in [4.69, 9.17) is 9.47 Å². The standard InChI is InChI=1S/C16H15BrO3/c1-11-6-3-4-7-12(11)14(18)10-20-16-13(17)8-5-9-15(16)19-2/h3-9H,10H2,1-2H3. The van der Waals surface area contributed by atoms with Crippen LogP contribution < -0.4 is 9.47 Å². The molecule has 0 aliphatic rings. The van der Waals surface area contributed by atoms with Crippen LogP contribution >= 0.6 is 15.9 Å². The number of halogens is 1. The van der Waals surface area contributed by atoms with Gasteiger partial charge in [0.15, 0.2) is 23.9 Å². The molecule has 0 N–H and O–H groups in total. The van der Waals surface area contributed by atoms with Crippen LogP contribution in [0, 0.1) is 6.92 Å². The van der Waals surface area contributed by atoms with Crippen molar-refractivity contribution in [3.05, 3.63) is 58.1 Å². The molecule has 20 heavy (non-hydrogen) atoms. The average molecular weight is 335 g/mol. The van der Waals surface area contributed by atoms with Gasteiger partial charge in [0.1, 0.15) is 0 Å². The highest BCUT2D eigenvalue weighted by molar-refractivity contribution is 9.10. The van der Waals surface area contributed by atoms with Gasteiger partial charge >= 0.3 is 0 Å². The van der Waals surface area contributed by atoms with Gasteiger partial charge in [0.2, 0.25) is 0 Å². The van der Waals surface area contributed by atoms with Gasteiger partial charge < -0.3 is 9.47 Å². The van der Waals surface area contributed by atoms with Gasteiger partial charge in [-0.05, 0) is 40.5 Å². The number of ether oxygens (including phenoxy) is 2. The van der Waals surface area contributed by atoms with Crippen molar-refractivity contribution >= 4 is 21.7 Å². The average Bonchev–Trinajstić information content (AvgIpc) is 2.46. The lowest BCUT2D eigenvalue weighted by atomic mass is 10.1.